The first-order chi connectivity index (χ1) is 15.5. The smallest absolute Gasteiger partial charge is 0.269 e. The van der Waals surface area contributed by atoms with Gasteiger partial charge in [0.2, 0.25) is 0 Å². The molecule has 2 aliphatic rings. The molecule has 1 aliphatic carbocycles. The number of piperazine rings is 1. The SMILES string of the molecule is CCc1cc2ncc(CN3CCN(c4ccc(C(=O)NC)nc4)C4C(C)C43)cc2[nH]c1=O. The molecular weight excluding hydrogens is 404 g/mol. The summed E-state index contributed by atoms with van der Waals surface area (Å²) in [6.45, 7) is 6.92. The van der Waals surface area contributed by atoms with Crippen LogP contribution in [0.25, 0.3) is 11.0 Å². The van der Waals surface area contributed by atoms with Gasteiger partial charge in [0.05, 0.1) is 22.9 Å². The third-order valence-corrected chi connectivity index (χ3v) is 6.83. The van der Waals surface area contributed by atoms with E-state index in [0.717, 1.165) is 47.5 Å². The van der Waals surface area contributed by atoms with Crippen LogP contribution in [-0.4, -0.2) is 58.0 Å². The number of hydrogen-bond acceptors (Lipinski definition) is 6. The highest BCUT2D eigenvalue weighted by Crippen LogP contribution is 2.45. The third kappa shape index (κ3) is 3.54. The quantitative estimate of drug-likeness (QED) is 0.640. The van der Waals surface area contributed by atoms with Crippen molar-refractivity contribution in [2.75, 3.05) is 25.0 Å². The Balaban J connectivity index is 1.31. The molecule has 1 saturated carbocycles. The number of pyridine rings is 3. The van der Waals surface area contributed by atoms with Crippen molar-refractivity contribution in [1.29, 1.82) is 0 Å². The number of aromatic nitrogens is 3. The number of H-pyrrole nitrogens is 1. The van der Waals surface area contributed by atoms with Gasteiger partial charge in [-0.25, -0.2) is 4.98 Å². The van der Waals surface area contributed by atoms with E-state index in [1.54, 1.807) is 19.3 Å². The molecule has 0 radical (unpaired) electrons. The van der Waals surface area contributed by atoms with Crippen LogP contribution < -0.4 is 15.8 Å². The molecule has 3 atom stereocenters. The zero-order chi connectivity index (χ0) is 22.4. The molecule has 1 saturated heterocycles. The van der Waals surface area contributed by atoms with E-state index < -0.39 is 0 Å². The van der Waals surface area contributed by atoms with E-state index in [4.69, 9.17) is 0 Å². The first-order valence-corrected chi connectivity index (χ1v) is 11.2. The van der Waals surface area contributed by atoms with Crippen molar-refractivity contribution in [2.24, 2.45) is 5.92 Å². The third-order valence-electron chi connectivity index (χ3n) is 6.83. The fourth-order valence-corrected chi connectivity index (χ4v) is 5.03. The summed E-state index contributed by atoms with van der Waals surface area (Å²) < 4.78 is 0. The Labute approximate surface area is 186 Å². The van der Waals surface area contributed by atoms with Gasteiger partial charge in [-0.3, -0.25) is 19.5 Å². The lowest BCUT2D eigenvalue weighted by Crippen LogP contribution is -2.46. The van der Waals surface area contributed by atoms with Gasteiger partial charge in [0.1, 0.15) is 5.69 Å². The van der Waals surface area contributed by atoms with Gasteiger partial charge < -0.3 is 15.2 Å². The second-order valence-electron chi connectivity index (χ2n) is 8.74. The summed E-state index contributed by atoms with van der Waals surface area (Å²) in [6.07, 6.45) is 4.43. The number of anilines is 1. The summed E-state index contributed by atoms with van der Waals surface area (Å²) >= 11 is 0. The van der Waals surface area contributed by atoms with Crippen LogP contribution in [-0.2, 0) is 13.0 Å². The van der Waals surface area contributed by atoms with Crippen LogP contribution >= 0.6 is 0 Å². The molecule has 8 nitrogen and oxygen atoms in total. The minimum atomic E-state index is -0.171. The molecule has 3 unspecified atom stereocenters. The number of carbonyl (C=O) groups excluding carboxylic acids is 1. The molecule has 166 valence electrons. The van der Waals surface area contributed by atoms with Crippen molar-refractivity contribution in [2.45, 2.75) is 38.9 Å². The van der Waals surface area contributed by atoms with Gasteiger partial charge in [0.25, 0.3) is 11.5 Å². The van der Waals surface area contributed by atoms with Crippen LogP contribution in [0, 0.1) is 5.92 Å². The normalized spacial score (nSPS) is 22.6. The first kappa shape index (κ1) is 20.6. The predicted octanol–water partition coefficient (Wildman–Crippen LogP) is 1.95. The van der Waals surface area contributed by atoms with Crippen molar-refractivity contribution in [3.8, 4) is 0 Å². The van der Waals surface area contributed by atoms with Crippen molar-refractivity contribution in [3.63, 3.8) is 0 Å². The lowest BCUT2D eigenvalue weighted by molar-refractivity contribution is 0.0958. The van der Waals surface area contributed by atoms with Gasteiger partial charge in [0.15, 0.2) is 0 Å². The number of rotatable bonds is 5. The van der Waals surface area contributed by atoms with Gasteiger partial charge in [-0.05, 0) is 42.2 Å². The zero-order valence-electron chi connectivity index (χ0n) is 18.6. The van der Waals surface area contributed by atoms with E-state index in [2.05, 4.69) is 43.1 Å². The van der Waals surface area contributed by atoms with E-state index in [1.807, 2.05) is 25.3 Å². The monoisotopic (exact) mass is 432 g/mol. The summed E-state index contributed by atoms with van der Waals surface area (Å²) in [5.74, 6) is 0.381. The number of aryl methyl sites for hydroxylation is 1. The molecule has 3 aromatic rings. The molecule has 1 amide bonds. The fourth-order valence-electron chi connectivity index (χ4n) is 5.03. The molecule has 4 heterocycles. The maximum atomic E-state index is 12.2. The maximum Gasteiger partial charge on any atom is 0.269 e. The summed E-state index contributed by atoms with van der Waals surface area (Å²) in [5.41, 5.74) is 4.98. The van der Waals surface area contributed by atoms with E-state index in [-0.39, 0.29) is 11.5 Å². The average Bonchev–Trinajstić information content (AvgIpc) is 3.50. The number of amides is 1. The van der Waals surface area contributed by atoms with Crippen LogP contribution in [0.3, 0.4) is 0 Å². The van der Waals surface area contributed by atoms with E-state index in [0.29, 0.717) is 30.1 Å². The Morgan fingerprint density at radius 1 is 1.19 bits per heavy atom. The Hall–Kier alpha value is -3.26. The van der Waals surface area contributed by atoms with Crippen molar-refractivity contribution < 1.29 is 4.79 Å². The molecule has 0 spiro atoms. The highest BCUT2D eigenvalue weighted by molar-refractivity contribution is 5.92. The number of fused-ring (bicyclic) bond motifs is 2. The first-order valence-electron chi connectivity index (χ1n) is 11.2. The average molecular weight is 433 g/mol. The van der Waals surface area contributed by atoms with Gasteiger partial charge in [-0.1, -0.05) is 13.8 Å². The molecule has 5 rings (SSSR count). The van der Waals surface area contributed by atoms with Crippen molar-refractivity contribution in [3.05, 3.63) is 63.8 Å². The standard InChI is InChI=1S/C24H28N6O2/c1-4-16-10-19-20(28-23(16)31)9-15(11-26-19)13-29-7-8-30(22-14(2)21(22)29)17-5-6-18(27-12-17)24(32)25-3/h5-6,9-12,14,21-22H,4,7-8,13H2,1-3H3,(H,25,32)(H,28,31). The number of aromatic amines is 1. The van der Waals surface area contributed by atoms with Gasteiger partial charge in [-0.15, -0.1) is 0 Å². The lowest BCUT2D eigenvalue weighted by atomic mass is 10.1. The summed E-state index contributed by atoms with van der Waals surface area (Å²) in [7, 11) is 1.61. The predicted molar refractivity (Wildman–Crippen MR) is 124 cm³/mol. The van der Waals surface area contributed by atoms with Crippen LogP contribution in [0.15, 0.2) is 41.5 Å². The molecule has 2 N–H and O–H groups in total. The minimum absolute atomic E-state index is 0.0283. The molecule has 32 heavy (non-hydrogen) atoms. The number of hydrogen-bond donors (Lipinski definition) is 2. The van der Waals surface area contributed by atoms with Crippen LogP contribution in [0.1, 0.15) is 35.5 Å². The minimum Gasteiger partial charge on any atom is -0.364 e. The molecule has 3 aromatic heterocycles. The highest BCUT2D eigenvalue weighted by atomic mass is 16.1. The van der Waals surface area contributed by atoms with Gasteiger partial charge >= 0.3 is 0 Å². The van der Waals surface area contributed by atoms with E-state index in [9.17, 15) is 9.59 Å². The fraction of sp³-hybridized carbons (Fsp3) is 0.417. The molecule has 1 aliphatic heterocycles. The van der Waals surface area contributed by atoms with E-state index in [1.165, 1.54) is 0 Å². The molecular formula is C24H28N6O2. The number of nitrogens with zero attached hydrogens (tertiary/aromatic N) is 4. The molecule has 0 bridgehead atoms. The molecule has 2 fully saturated rings. The van der Waals surface area contributed by atoms with Crippen LogP contribution in [0.2, 0.25) is 0 Å². The molecule has 8 heteroatoms. The number of carbonyl (C=O) groups is 1. The van der Waals surface area contributed by atoms with Gasteiger partial charge in [-0.2, -0.15) is 0 Å². The topological polar surface area (TPSA) is 94.2 Å². The Morgan fingerprint density at radius 3 is 2.75 bits per heavy atom. The van der Waals surface area contributed by atoms with Crippen molar-refractivity contribution in [1.82, 2.24) is 25.2 Å². The summed E-state index contributed by atoms with van der Waals surface area (Å²) in [4.78, 5) is 40.8. The largest absolute Gasteiger partial charge is 0.364 e. The zero-order valence-corrected chi connectivity index (χ0v) is 18.6. The van der Waals surface area contributed by atoms with Gasteiger partial charge in [0, 0.05) is 50.5 Å². The second-order valence-corrected chi connectivity index (χ2v) is 8.74. The summed E-state index contributed by atoms with van der Waals surface area (Å²) in [6, 6.07) is 8.63. The lowest BCUT2D eigenvalue weighted by Gasteiger charge is -2.35. The van der Waals surface area contributed by atoms with E-state index >= 15 is 0 Å². The second kappa shape index (κ2) is 8.02. The van der Waals surface area contributed by atoms with Crippen LogP contribution in [0.4, 0.5) is 5.69 Å². The highest BCUT2D eigenvalue weighted by Gasteiger charge is 2.56. The number of nitrogens with one attached hydrogen (secondary N) is 2. The van der Waals surface area contributed by atoms with Crippen LogP contribution in [0.5, 0.6) is 0 Å². The Morgan fingerprint density at radius 2 is 2.03 bits per heavy atom. The Bertz CT molecular complexity index is 1220. The van der Waals surface area contributed by atoms with Crippen molar-refractivity contribution >= 4 is 22.6 Å². The summed E-state index contributed by atoms with van der Waals surface area (Å²) in [5, 5.41) is 2.61. The molecule has 0 aromatic carbocycles. The Kier molecular flexibility index (Phi) is 5.17. The maximum absolute atomic E-state index is 12.2.